The van der Waals surface area contributed by atoms with Gasteiger partial charge in [-0.3, -0.25) is 4.79 Å². The maximum Gasteiger partial charge on any atom is 0.335 e. The van der Waals surface area contributed by atoms with Crippen molar-refractivity contribution >= 4 is 23.2 Å². The molecule has 2 rings (SSSR count). The minimum absolute atomic E-state index is 0.0688. The van der Waals surface area contributed by atoms with Gasteiger partial charge in [0, 0.05) is 24.0 Å². The number of carbonyl (C=O) groups excluding carboxylic acids is 1. The van der Waals surface area contributed by atoms with E-state index >= 15 is 0 Å². The number of aryl methyl sites for hydroxylation is 1. The lowest BCUT2D eigenvalue weighted by Crippen LogP contribution is -2.27. The number of hydrogen-bond acceptors (Lipinski definition) is 4. The van der Waals surface area contributed by atoms with Gasteiger partial charge >= 0.3 is 5.97 Å². The fourth-order valence-corrected chi connectivity index (χ4v) is 2.72. The van der Waals surface area contributed by atoms with E-state index in [1.54, 1.807) is 29.5 Å². The second-order valence-corrected chi connectivity index (χ2v) is 5.56. The Hall–Kier alpha value is -2.21. The number of hydrogen-bond donors (Lipinski definition) is 2. The zero-order chi connectivity index (χ0) is 15.2. The average Bonchev–Trinajstić information content (AvgIpc) is 2.85. The molecular formula is C15H16N2O3S. The van der Waals surface area contributed by atoms with E-state index in [9.17, 15) is 9.59 Å². The summed E-state index contributed by atoms with van der Waals surface area (Å²) in [5.41, 5.74) is 1.67. The summed E-state index contributed by atoms with van der Waals surface area (Å²) < 4.78 is 0. The number of aromatic carboxylic acids is 1. The molecule has 110 valence electrons. The first kappa shape index (κ1) is 15.2. The van der Waals surface area contributed by atoms with Crippen molar-refractivity contribution in [3.63, 3.8) is 0 Å². The van der Waals surface area contributed by atoms with Crippen LogP contribution in [0.4, 0.5) is 0 Å². The highest BCUT2D eigenvalue weighted by Gasteiger charge is 2.12. The highest BCUT2D eigenvalue weighted by atomic mass is 32.1. The number of carboxylic acids is 1. The molecule has 0 spiro atoms. The van der Waals surface area contributed by atoms with Crippen LogP contribution in [0.2, 0.25) is 0 Å². The quantitative estimate of drug-likeness (QED) is 0.856. The minimum atomic E-state index is -1.02. The first-order valence-electron chi connectivity index (χ1n) is 6.55. The predicted molar refractivity (Wildman–Crippen MR) is 80.7 cm³/mol. The van der Waals surface area contributed by atoms with Crippen molar-refractivity contribution in [2.75, 3.05) is 6.54 Å². The van der Waals surface area contributed by atoms with E-state index in [0.717, 1.165) is 10.7 Å². The zero-order valence-corrected chi connectivity index (χ0v) is 12.4. The number of carbonyl (C=O) groups is 2. The number of carboxylic acid groups (broad SMARTS) is 1. The van der Waals surface area contributed by atoms with Crippen LogP contribution in [0.25, 0.3) is 0 Å². The molecule has 0 aliphatic rings. The molecule has 1 amide bonds. The standard InChI is InChI=1S/C15H16N2O3S/c1-10-9-21-14(17-10)6-7-16-13(18)8-11-4-2-3-5-12(11)15(19)20/h2-5,9H,6-8H2,1H3,(H,16,18)(H,19,20). The monoisotopic (exact) mass is 304 g/mol. The molecule has 6 heteroatoms. The maximum absolute atomic E-state index is 11.9. The first-order chi connectivity index (χ1) is 10.1. The summed E-state index contributed by atoms with van der Waals surface area (Å²) in [5.74, 6) is -1.20. The van der Waals surface area contributed by atoms with E-state index in [1.165, 1.54) is 6.07 Å². The summed E-state index contributed by atoms with van der Waals surface area (Å²) in [6.07, 6.45) is 0.754. The van der Waals surface area contributed by atoms with Crippen LogP contribution in [-0.4, -0.2) is 28.5 Å². The third kappa shape index (κ3) is 4.39. The van der Waals surface area contributed by atoms with Gasteiger partial charge in [-0.25, -0.2) is 9.78 Å². The Morgan fingerprint density at radius 2 is 2.10 bits per heavy atom. The Bertz CT molecular complexity index is 652. The van der Waals surface area contributed by atoms with Crippen molar-refractivity contribution < 1.29 is 14.7 Å². The summed E-state index contributed by atoms with van der Waals surface area (Å²) in [6, 6.07) is 6.54. The van der Waals surface area contributed by atoms with Gasteiger partial charge in [0.25, 0.3) is 0 Å². The van der Waals surface area contributed by atoms with Crippen molar-refractivity contribution in [1.29, 1.82) is 0 Å². The molecule has 0 unspecified atom stereocenters. The van der Waals surface area contributed by atoms with Crippen LogP contribution >= 0.6 is 11.3 Å². The first-order valence-corrected chi connectivity index (χ1v) is 7.43. The number of rotatable bonds is 6. The van der Waals surface area contributed by atoms with Crippen LogP contribution in [0.15, 0.2) is 29.6 Å². The van der Waals surface area contributed by atoms with Crippen molar-refractivity contribution in [3.05, 3.63) is 51.5 Å². The van der Waals surface area contributed by atoms with Crippen LogP contribution < -0.4 is 5.32 Å². The smallest absolute Gasteiger partial charge is 0.335 e. The van der Waals surface area contributed by atoms with Gasteiger partial charge in [0.15, 0.2) is 0 Å². The SMILES string of the molecule is Cc1csc(CCNC(=O)Cc2ccccc2C(=O)O)n1. The predicted octanol–water partition coefficient (Wildman–Crippen LogP) is 2.05. The lowest BCUT2D eigenvalue weighted by Gasteiger charge is -2.06. The van der Waals surface area contributed by atoms with E-state index in [1.807, 2.05) is 12.3 Å². The number of nitrogens with zero attached hydrogens (tertiary/aromatic N) is 1. The van der Waals surface area contributed by atoms with Crippen molar-refractivity contribution in [2.45, 2.75) is 19.8 Å². The second kappa shape index (κ2) is 6.99. The molecule has 1 aromatic heterocycles. The molecule has 21 heavy (non-hydrogen) atoms. The highest BCUT2D eigenvalue weighted by molar-refractivity contribution is 7.09. The number of aromatic nitrogens is 1. The van der Waals surface area contributed by atoms with E-state index in [-0.39, 0.29) is 17.9 Å². The summed E-state index contributed by atoms with van der Waals surface area (Å²) in [5, 5.41) is 14.8. The highest BCUT2D eigenvalue weighted by Crippen LogP contribution is 2.10. The van der Waals surface area contributed by atoms with Gasteiger partial charge in [0.2, 0.25) is 5.91 Å². The minimum Gasteiger partial charge on any atom is -0.478 e. The third-order valence-corrected chi connectivity index (χ3v) is 3.95. The van der Waals surface area contributed by atoms with E-state index in [0.29, 0.717) is 18.5 Å². The fourth-order valence-electron chi connectivity index (χ4n) is 1.94. The van der Waals surface area contributed by atoms with Crippen LogP contribution in [0.1, 0.15) is 26.6 Å². The normalized spacial score (nSPS) is 10.3. The van der Waals surface area contributed by atoms with Crippen LogP contribution in [-0.2, 0) is 17.6 Å². The molecule has 2 aromatic rings. The number of nitrogens with one attached hydrogen (secondary N) is 1. The van der Waals surface area contributed by atoms with Gasteiger partial charge in [-0.2, -0.15) is 0 Å². The fraction of sp³-hybridized carbons (Fsp3) is 0.267. The molecule has 0 radical (unpaired) electrons. The summed E-state index contributed by atoms with van der Waals surface area (Å²) in [6.45, 7) is 2.43. The molecule has 0 saturated carbocycles. The van der Waals surface area contributed by atoms with Gasteiger partial charge in [-0.05, 0) is 18.6 Å². The Morgan fingerprint density at radius 1 is 1.33 bits per heavy atom. The molecule has 0 aliphatic carbocycles. The van der Waals surface area contributed by atoms with Gasteiger partial charge < -0.3 is 10.4 Å². The number of amides is 1. The molecule has 0 saturated heterocycles. The van der Waals surface area contributed by atoms with Gasteiger partial charge in [0.05, 0.1) is 17.0 Å². The topological polar surface area (TPSA) is 79.3 Å². The molecule has 0 fully saturated rings. The Labute approximate surface area is 126 Å². The van der Waals surface area contributed by atoms with E-state index in [2.05, 4.69) is 10.3 Å². The molecule has 0 bridgehead atoms. The van der Waals surface area contributed by atoms with Crippen LogP contribution in [0.3, 0.4) is 0 Å². The molecule has 5 nitrogen and oxygen atoms in total. The summed E-state index contributed by atoms with van der Waals surface area (Å²) in [7, 11) is 0. The average molecular weight is 304 g/mol. The van der Waals surface area contributed by atoms with E-state index < -0.39 is 5.97 Å². The molecule has 0 atom stereocenters. The third-order valence-electron chi connectivity index (χ3n) is 2.93. The lowest BCUT2D eigenvalue weighted by atomic mass is 10.0. The lowest BCUT2D eigenvalue weighted by molar-refractivity contribution is -0.120. The molecule has 2 N–H and O–H groups in total. The largest absolute Gasteiger partial charge is 0.478 e. The molecule has 0 aliphatic heterocycles. The maximum atomic E-state index is 11.9. The Balaban J connectivity index is 1.86. The second-order valence-electron chi connectivity index (χ2n) is 4.62. The zero-order valence-electron chi connectivity index (χ0n) is 11.6. The molecular weight excluding hydrogens is 288 g/mol. The van der Waals surface area contributed by atoms with Crippen LogP contribution in [0.5, 0.6) is 0 Å². The number of benzene rings is 1. The Morgan fingerprint density at radius 3 is 2.76 bits per heavy atom. The molecule has 1 heterocycles. The summed E-state index contributed by atoms with van der Waals surface area (Å²) >= 11 is 1.57. The van der Waals surface area contributed by atoms with Gasteiger partial charge in [-0.15, -0.1) is 11.3 Å². The van der Waals surface area contributed by atoms with E-state index in [4.69, 9.17) is 5.11 Å². The van der Waals surface area contributed by atoms with Crippen molar-refractivity contribution in [2.24, 2.45) is 0 Å². The van der Waals surface area contributed by atoms with Crippen molar-refractivity contribution in [1.82, 2.24) is 10.3 Å². The van der Waals surface area contributed by atoms with Crippen molar-refractivity contribution in [3.8, 4) is 0 Å². The van der Waals surface area contributed by atoms with Gasteiger partial charge in [-0.1, -0.05) is 18.2 Å². The van der Waals surface area contributed by atoms with Gasteiger partial charge in [0.1, 0.15) is 0 Å². The van der Waals surface area contributed by atoms with Crippen LogP contribution in [0, 0.1) is 6.92 Å². The summed E-state index contributed by atoms with van der Waals surface area (Å²) in [4.78, 5) is 27.2. The Kier molecular flexibility index (Phi) is 5.05. The number of thiazole rings is 1. The molecule has 1 aromatic carbocycles.